The Kier molecular flexibility index (Phi) is 5.70. The summed E-state index contributed by atoms with van der Waals surface area (Å²) in [6.07, 6.45) is 6.03. The third-order valence-corrected chi connectivity index (χ3v) is 9.38. The van der Waals surface area contributed by atoms with Crippen molar-refractivity contribution in [3.05, 3.63) is 45.6 Å². The third kappa shape index (κ3) is 3.98. The molecule has 35 heavy (non-hydrogen) atoms. The molecule has 6 nitrogen and oxygen atoms in total. The number of thiophene rings is 1. The van der Waals surface area contributed by atoms with E-state index in [1.165, 1.54) is 29.7 Å². The summed E-state index contributed by atoms with van der Waals surface area (Å²) in [5.41, 5.74) is 5.15. The molecule has 3 fully saturated rings. The Morgan fingerprint density at radius 1 is 1.03 bits per heavy atom. The highest BCUT2D eigenvalue weighted by Gasteiger charge is 2.58. The van der Waals surface area contributed by atoms with Crippen molar-refractivity contribution in [1.82, 2.24) is 19.8 Å². The molecule has 0 spiro atoms. The van der Waals surface area contributed by atoms with Crippen molar-refractivity contribution in [3.63, 3.8) is 0 Å². The van der Waals surface area contributed by atoms with Gasteiger partial charge in [-0.3, -0.25) is 19.4 Å². The van der Waals surface area contributed by atoms with Crippen LogP contribution in [0.25, 0.3) is 21.5 Å². The number of benzene rings is 1. The quantitative estimate of drug-likeness (QED) is 0.420. The topological polar surface area (TPSA) is 66.4 Å². The van der Waals surface area contributed by atoms with Gasteiger partial charge in [-0.25, -0.2) is 9.97 Å². The molecule has 3 aromatic rings. The lowest BCUT2D eigenvalue weighted by Gasteiger charge is -2.39. The zero-order chi connectivity index (χ0) is 24.4. The van der Waals surface area contributed by atoms with Crippen LogP contribution in [0.3, 0.4) is 0 Å². The van der Waals surface area contributed by atoms with E-state index in [1.54, 1.807) is 17.7 Å². The first-order chi connectivity index (χ1) is 16.8. The largest absolute Gasteiger partial charge is 0.294 e. The number of aryl methyl sites for hydroxylation is 1. The highest BCUT2D eigenvalue weighted by Crippen LogP contribution is 2.48. The van der Waals surface area contributed by atoms with Crippen LogP contribution in [0.2, 0.25) is 5.02 Å². The number of amides is 2. The van der Waals surface area contributed by atoms with E-state index in [9.17, 15) is 9.59 Å². The van der Waals surface area contributed by atoms with E-state index in [-0.39, 0.29) is 23.7 Å². The number of carbonyl (C=O) groups is 2. The maximum absolute atomic E-state index is 12.5. The number of fused-ring (bicyclic) bond motifs is 2. The Labute approximate surface area is 214 Å². The predicted molar refractivity (Wildman–Crippen MR) is 138 cm³/mol. The first-order valence-electron chi connectivity index (χ1n) is 12.5. The van der Waals surface area contributed by atoms with Gasteiger partial charge in [0.05, 0.1) is 34.3 Å². The van der Waals surface area contributed by atoms with E-state index in [0.717, 1.165) is 44.9 Å². The van der Waals surface area contributed by atoms with Gasteiger partial charge in [0, 0.05) is 34.1 Å². The molecule has 8 heteroatoms. The molecule has 2 unspecified atom stereocenters. The summed E-state index contributed by atoms with van der Waals surface area (Å²) in [6, 6.07) is 7.10. The normalized spacial score (nSPS) is 26.6. The average Bonchev–Trinajstić information content (AvgIpc) is 3.45. The lowest BCUT2D eigenvalue weighted by molar-refractivity contribution is -0.141. The minimum Gasteiger partial charge on any atom is -0.294 e. The number of hydrogen-bond donors (Lipinski definition) is 0. The summed E-state index contributed by atoms with van der Waals surface area (Å²) in [4.78, 5) is 39.2. The first kappa shape index (κ1) is 23.1. The van der Waals surface area contributed by atoms with Gasteiger partial charge in [-0.1, -0.05) is 18.0 Å². The van der Waals surface area contributed by atoms with Crippen LogP contribution in [0.5, 0.6) is 0 Å². The molecule has 2 aromatic heterocycles. The number of carbonyl (C=O) groups excluding carboxylic acids is 2. The molecule has 2 saturated heterocycles. The molecule has 1 saturated carbocycles. The van der Waals surface area contributed by atoms with Gasteiger partial charge >= 0.3 is 0 Å². The third-order valence-electron chi connectivity index (χ3n) is 8.04. The Balaban J connectivity index is 1.39. The van der Waals surface area contributed by atoms with E-state index in [1.807, 2.05) is 18.2 Å². The Bertz CT molecular complexity index is 1320. The van der Waals surface area contributed by atoms with Crippen LogP contribution >= 0.6 is 22.9 Å². The van der Waals surface area contributed by atoms with E-state index in [2.05, 4.69) is 30.7 Å². The van der Waals surface area contributed by atoms with Crippen molar-refractivity contribution in [2.24, 2.45) is 11.8 Å². The van der Waals surface area contributed by atoms with Crippen LogP contribution in [-0.4, -0.2) is 43.7 Å². The summed E-state index contributed by atoms with van der Waals surface area (Å²) in [7, 11) is 0. The molecule has 2 amide bonds. The maximum atomic E-state index is 12.5. The van der Waals surface area contributed by atoms with Gasteiger partial charge in [0.25, 0.3) is 0 Å². The number of piperidine rings is 2. The highest BCUT2D eigenvalue weighted by molar-refractivity contribution is 7.19. The molecule has 0 radical (unpaired) electrons. The van der Waals surface area contributed by atoms with Gasteiger partial charge in [0.2, 0.25) is 11.8 Å². The number of rotatable bonds is 5. The van der Waals surface area contributed by atoms with Gasteiger partial charge in [-0.15, -0.1) is 11.3 Å². The van der Waals surface area contributed by atoms with Crippen LogP contribution in [0.4, 0.5) is 0 Å². The second kappa shape index (κ2) is 8.64. The van der Waals surface area contributed by atoms with Crippen molar-refractivity contribution < 1.29 is 9.59 Å². The molecule has 182 valence electrons. The van der Waals surface area contributed by atoms with Crippen molar-refractivity contribution in [1.29, 1.82) is 0 Å². The Hall–Kier alpha value is -2.35. The van der Waals surface area contributed by atoms with E-state index < -0.39 is 0 Å². The summed E-state index contributed by atoms with van der Waals surface area (Å²) >= 11 is 8.12. The molecule has 0 bridgehead atoms. The molecule has 2 aliphatic heterocycles. The number of likely N-dealkylation sites (tertiary alicyclic amines) is 2. The number of imide groups is 1. The number of nitrogens with zero attached hydrogens (tertiary/aromatic N) is 4. The van der Waals surface area contributed by atoms with Crippen molar-refractivity contribution in [2.75, 3.05) is 0 Å². The standard InChI is InChI=1S/C27H29ClN4O2S/c1-14-7-17(28)8-19(22(14)12-31-15(2)5-4-6-16(31)3)24-25-23(29-13-30-24)9-18(35-25)11-32-26(33)20-10-21(20)27(32)34/h7-9,13,15-16,20-21H,4-6,10-12H2,1-3H3/t15-,16-,20?,21?/m0/s1. The Morgan fingerprint density at radius 3 is 2.46 bits per heavy atom. The van der Waals surface area contributed by atoms with Crippen molar-refractivity contribution in [2.45, 2.75) is 71.6 Å². The first-order valence-corrected chi connectivity index (χ1v) is 13.6. The fourth-order valence-electron chi connectivity index (χ4n) is 5.90. The number of aromatic nitrogens is 2. The Morgan fingerprint density at radius 2 is 1.74 bits per heavy atom. The lowest BCUT2D eigenvalue weighted by atomic mass is 9.93. The van der Waals surface area contributed by atoms with Crippen molar-refractivity contribution >= 4 is 45.0 Å². The fraction of sp³-hybridized carbons (Fsp3) is 0.481. The monoisotopic (exact) mass is 508 g/mol. The second-order valence-corrected chi connectivity index (χ2v) is 12.0. The molecular weight excluding hydrogens is 480 g/mol. The minimum absolute atomic E-state index is 0.0266. The van der Waals surface area contributed by atoms with Gasteiger partial charge < -0.3 is 0 Å². The van der Waals surface area contributed by atoms with E-state index in [0.29, 0.717) is 23.7 Å². The number of halogens is 1. The zero-order valence-corrected chi connectivity index (χ0v) is 21.8. The molecule has 3 aliphatic rings. The fourth-order valence-corrected chi connectivity index (χ4v) is 7.27. The summed E-state index contributed by atoms with van der Waals surface area (Å²) < 4.78 is 0.967. The van der Waals surface area contributed by atoms with Gasteiger partial charge in [0.1, 0.15) is 6.33 Å². The van der Waals surface area contributed by atoms with Crippen LogP contribution < -0.4 is 0 Å². The molecule has 4 heterocycles. The van der Waals surface area contributed by atoms with Crippen LogP contribution in [0.15, 0.2) is 24.5 Å². The molecule has 1 aromatic carbocycles. The van der Waals surface area contributed by atoms with Crippen LogP contribution in [0, 0.1) is 18.8 Å². The van der Waals surface area contributed by atoms with E-state index >= 15 is 0 Å². The highest BCUT2D eigenvalue weighted by atomic mass is 35.5. The van der Waals surface area contributed by atoms with Gasteiger partial charge in [0.15, 0.2) is 0 Å². The molecule has 6 rings (SSSR count). The maximum Gasteiger partial charge on any atom is 0.233 e. The molecule has 1 aliphatic carbocycles. The number of hydrogen-bond acceptors (Lipinski definition) is 6. The molecular formula is C27H29ClN4O2S. The molecule has 0 N–H and O–H groups in total. The van der Waals surface area contributed by atoms with Crippen LogP contribution in [-0.2, 0) is 22.7 Å². The van der Waals surface area contributed by atoms with Gasteiger partial charge in [-0.05, 0) is 69.4 Å². The SMILES string of the molecule is Cc1cc(Cl)cc(-c2ncnc3cc(CN4C(=O)C5CC5C4=O)sc23)c1CN1[C@@H](C)CCC[C@@H]1C. The average molecular weight is 509 g/mol. The summed E-state index contributed by atoms with van der Waals surface area (Å²) in [5.74, 6) is -0.213. The molecule has 4 atom stereocenters. The van der Waals surface area contributed by atoms with E-state index in [4.69, 9.17) is 16.6 Å². The minimum atomic E-state index is -0.0798. The second-order valence-electron chi connectivity index (χ2n) is 10.4. The summed E-state index contributed by atoms with van der Waals surface area (Å²) in [5, 5.41) is 0.692. The summed E-state index contributed by atoms with van der Waals surface area (Å²) in [6.45, 7) is 7.93. The lowest BCUT2D eigenvalue weighted by Crippen LogP contribution is -2.43. The predicted octanol–water partition coefficient (Wildman–Crippen LogP) is 5.59. The van der Waals surface area contributed by atoms with Crippen LogP contribution in [0.1, 0.15) is 55.5 Å². The van der Waals surface area contributed by atoms with Crippen molar-refractivity contribution in [3.8, 4) is 11.3 Å². The smallest absolute Gasteiger partial charge is 0.233 e. The van der Waals surface area contributed by atoms with Gasteiger partial charge in [-0.2, -0.15) is 0 Å². The zero-order valence-electron chi connectivity index (χ0n) is 20.3.